The molecule has 1 aliphatic heterocycles. The van der Waals surface area contributed by atoms with Crippen molar-refractivity contribution in [3.63, 3.8) is 0 Å². The summed E-state index contributed by atoms with van der Waals surface area (Å²) in [7, 11) is 1.86. The summed E-state index contributed by atoms with van der Waals surface area (Å²) in [6.45, 7) is 8.11. The zero-order chi connectivity index (χ0) is 13.0. The summed E-state index contributed by atoms with van der Waals surface area (Å²) in [6, 6.07) is 1.30. The van der Waals surface area contributed by atoms with Crippen molar-refractivity contribution in [3.8, 4) is 0 Å². The first-order chi connectivity index (χ1) is 8.74. The normalized spacial score (nSPS) is 28.7. The van der Waals surface area contributed by atoms with Gasteiger partial charge < -0.3 is 10.6 Å². The molecule has 0 spiro atoms. The summed E-state index contributed by atoms with van der Waals surface area (Å²) < 4.78 is 0. The van der Waals surface area contributed by atoms with Gasteiger partial charge in [0.1, 0.15) is 0 Å². The third kappa shape index (κ3) is 5.10. The molecule has 4 nitrogen and oxygen atoms in total. The first-order valence-electron chi connectivity index (χ1n) is 7.45. The highest BCUT2D eigenvalue weighted by Crippen LogP contribution is 2.28. The summed E-state index contributed by atoms with van der Waals surface area (Å²) >= 11 is 0. The Balaban J connectivity index is 0.00000180. The molecule has 1 saturated carbocycles. The summed E-state index contributed by atoms with van der Waals surface area (Å²) in [4.78, 5) is 6.92. The monoisotopic (exact) mass is 380 g/mol. The van der Waals surface area contributed by atoms with Gasteiger partial charge in [-0.2, -0.15) is 0 Å². The van der Waals surface area contributed by atoms with E-state index >= 15 is 0 Å². The lowest BCUT2D eigenvalue weighted by Gasteiger charge is -2.27. The number of aliphatic imine (C=N–C) groups is 1. The van der Waals surface area contributed by atoms with E-state index in [1.807, 2.05) is 7.05 Å². The lowest BCUT2D eigenvalue weighted by Crippen LogP contribution is -2.46. The van der Waals surface area contributed by atoms with Crippen LogP contribution in [0.15, 0.2) is 4.99 Å². The molecule has 2 N–H and O–H groups in total. The molecule has 1 saturated heterocycles. The average molecular weight is 380 g/mol. The van der Waals surface area contributed by atoms with Gasteiger partial charge in [0.05, 0.1) is 0 Å². The van der Waals surface area contributed by atoms with Crippen molar-refractivity contribution in [1.82, 2.24) is 15.5 Å². The number of rotatable bonds is 5. The number of nitrogens with zero attached hydrogens (tertiary/aromatic N) is 2. The van der Waals surface area contributed by atoms with E-state index < -0.39 is 0 Å². The molecule has 5 heteroatoms. The van der Waals surface area contributed by atoms with Gasteiger partial charge in [-0.05, 0) is 44.7 Å². The van der Waals surface area contributed by atoms with E-state index in [1.165, 1.54) is 38.8 Å². The Labute approximate surface area is 134 Å². The van der Waals surface area contributed by atoms with Crippen LogP contribution in [0.1, 0.15) is 39.5 Å². The Kier molecular flexibility index (Phi) is 7.42. The van der Waals surface area contributed by atoms with Gasteiger partial charge in [-0.1, -0.05) is 13.8 Å². The van der Waals surface area contributed by atoms with E-state index in [-0.39, 0.29) is 24.0 Å². The lowest BCUT2D eigenvalue weighted by molar-refractivity contribution is 0.236. The van der Waals surface area contributed by atoms with Gasteiger partial charge in [0.15, 0.2) is 5.96 Å². The molecule has 2 rings (SSSR count). The van der Waals surface area contributed by atoms with Gasteiger partial charge in [0, 0.05) is 25.7 Å². The molecule has 112 valence electrons. The molecule has 2 aliphatic rings. The predicted octanol–water partition coefficient (Wildman–Crippen LogP) is 2.05. The minimum Gasteiger partial charge on any atom is -0.355 e. The molecule has 0 aromatic heterocycles. The molecule has 0 aromatic carbocycles. The SMILES string of the molecule is CCC(CNC(=NC)NC1CC1C)N1CCCC1.I. The minimum atomic E-state index is 0. The number of halogens is 1. The maximum atomic E-state index is 4.31. The maximum Gasteiger partial charge on any atom is 0.191 e. The van der Waals surface area contributed by atoms with Crippen LogP contribution in [0.4, 0.5) is 0 Å². The number of hydrogen-bond donors (Lipinski definition) is 2. The average Bonchev–Trinajstić information content (AvgIpc) is 2.84. The van der Waals surface area contributed by atoms with Gasteiger partial charge in [0.2, 0.25) is 0 Å². The van der Waals surface area contributed by atoms with Crippen LogP contribution < -0.4 is 10.6 Å². The molecule has 19 heavy (non-hydrogen) atoms. The quantitative estimate of drug-likeness (QED) is 0.436. The van der Waals surface area contributed by atoms with Crippen LogP contribution in [0, 0.1) is 5.92 Å². The fourth-order valence-electron chi connectivity index (χ4n) is 2.75. The Morgan fingerprint density at radius 2 is 2.00 bits per heavy atom. The smallest absolute Gasteiger partial charge is 0.191 e. The zero-order valence-electron chi connectivity index (χ0n) is 12.5. The molecule has 3 unspecified atom stereocenters. The van der Waals surface area contributed by atoms with Crippen LogP contribution in [-0.4, -0.2) is 49.6 Å². The van der Waals surface area contributed by atoms with E-state index in [1.54, 1.807) is 0 Å². The molecule has 0 bridgehead atoms. The van der Waals surface area contributed by atoms with E-state index in [2.05, 4.69) is 34.4 Å². The topological polar surface area (TPSA) is 39.7 Å². The Morgan fingerprint density at radius 3 is 2.47 bits per heavy atom. The highest BCUT2D eigenvalue weighted by atomic mass is 127. The summed E-state index contributed by atoms with van der Waals surface area (Å²) in [5.41, 5.74) is 0. The van der Waals surface area contributed by atoms with Gasteiger partial charge in [-0.25, -0.2) is 0 Å². The second-order valence-electron chi connectivity index (χ2n) is 5.72. The zero-order valence-corrected chi connectivity index (χ0v) is 14.8. The van der Waals surface area contributed by atoms with E-state index in [9.17, 15) is 0 Å². The molecular formula is C14H29IN4. The molecule has 1 heterocycles. The van der Waals surface area contributed by atoms with Gasteiger partial charge >= 0.3 is 0 Å². The Bertz CT molecular complexity index is 289. The largest absolute Gasteiger partial charge is 0.355 e. The summed E-state index contributed by atoms with van der Waals surface area (Å²) in [6.07, 6.45) is 5.22. The second-order valence-corrected chi connectivity index (χ2v) is 5.72. The second kappa shape index (κ2) is 8.29. The van der Waals surface area contributed by atoms with Crippen LogP contribution in [0.5, 0.6) is 0 Å². The van der Waals surface area contributed by atoms with Crippen LogP contribution in [0.3, 0.4) is 0 Å². The van der Waals surface area contributed by atoms with Gasteiger partial charge in [0.25, 0.3) is 0 Å². The molecule has 3 atom stereocenters. The maximum absolute atomic E-state index is 4.31. The van der Waals surface area contributed by atoms with Crippen molar-refractivity contribution >= 4 is 29.9 Å². The Hall–Kier alpha value is -0.0400. The molecule has 0 aromatic rings. The van der Waals surface area contributed by atoms with Crippen LogP contribution >= 0.6 is 24.0 Å². The molecule has 2 fully saturated rings. The van der Waals surface area contributed by atoms with Crippen LogP contribution in [-0.2, 0) is 0 Å². The van der Waals surface area contributed by atoms with Gasteiger partial charge in [-0.15, -0.1) is 24.0 Å². The number of hydrogen-bond acceptors (Lipinski definition) is 2. The molecular weight excluding hydrogens is 351 g/mol. The fraction of sp³-hybridized carbons (Fsp3) is 0.929. The molecule has 0 amide bonds. The van der Waals surface area contributed by atoms with Crippen molar-refractivity contribution < 1.29 is 0 Å². The first-order valence-corrected chi connectivity index (χ1v) is 7.45. The number of guanidine groups is 1. The lowest BCUT2D eigenvalue weighted by atomic mass is 10.2. The van der Waals surface area contributed by atoms with Crippen LogP contribution in [0.25, 0.3) is 0 Å². The van der Waals surface area contributed by atoms with Crippen LogP contribution in [0.2, 0.25) is 0 Å². The summed E-state index contributed by atoms with van der Waals surface area (Å²) in [5.74, 6) is 1.78. The summed E-state index contributed by atoms with van der Waals surface area (Å²) in [5, 5.41) is 6.97. The fourth-order valence-corrected chi connectivity index (χ4v) is 2.75. The first kappa shape index (κ1) is 17.0. The van der Waals surface area contributed by atoms with Crippen molar-refractivity contribution in [3.05, 3.63) is 0 Å². The Morgan fingerprint density at radius 1 is 1.37 bits per heavy atom. The van der Waals surface area contributed by atoms with E-state index in [0.717, 1.165) is 18.4 Å². The third-order valence-electron chi connectivity index (χ3n) is 4.29. The minimum absolute atomic E-state index is 0. The highest BCUT2D eigenvalue weighted by Gasteiger charge is 2.33. The molecule has 0 radical (unpaired) electrons. The van der Waals surface area contributed by atoms with Crippen molar-refractivity contribution in [1.29, 1.82) is 0 Å². The third-order valence-corrected chi connectivity index (χ3v) is 4.29. The van der Waals surface area contributed by atoms with Crippen molar-refractivity contribution in [2.45, 2.75) is 51.6 Å². The van der Waals surface area contributed by atoms with Crippen molar-refractivity contribution in [2.24, 2.45) is 10.9 Å². The van der Waals surface area contributed by atoms with E-state index in [4.69, 9.17) is 0 Å². The highest BCUT2D eigenvalue weighted by molar-refractivity contribution is 14.0. The number of nitrogens with one attached hydrogen (secondary N) is 2. The predicted molar refractivity (Wildman–Crippen MR) is 92.4 cm³/mol. The van der Waals surface area contributed by atoms with Gasteiger partial charge in [-0.3, -0.25) is 9.89 Å². The van der Waals surface area contributed by atoms with E-state index in [0.29, 0.717) is 12.1 Å². The number of likely N-dealkylation sites (tertiary alicyclic amines) is 1. The molecule has 1 aliphatic carbocycles. The van der Waals surface area contributed by atoms with Crippen molar-refractivity contribution in [2.75, 3.05) is 26.7 Å². The standard InChI is InChI=1S/C14H28N4.HI/c1-4-12(18-7-5-6-8-18)10-16-14(15-3)17-13-9-11(13)2;/h11-13H,4-10H2,1-3H3,(H2,15,16,17);1H.